The Hall–Kier alpha value is -0.200. The van der Waals surface area contributed by atoms with E-state index in [4.69, 9.17) is 0 Å². The molecule has 120 valence electrons. The van der Waals surface area contributed by atoms with Crippen LogP contribution < -0.4 is 5.32 Å². The highest BCUT2D eigenvalue weighted by Gasteiger charge is 2.36. The fourth-order valence-corrected chi connectivity index (χ4v) is 3.33. The minimum absolute atomic E-state index is 0. The molecule has 0 bridgehead atoms. The van der Waals surface area contributed by atoms with Crippen molar-refractivity contribution in [3.63, 3.8) is 0 Å². The zero-order valence-corrected chi connectivity index (χ0v) is 14.8. The first-order valence-electron chi connectivity index (χ1n) is 6.96. The van der Waals surface area contributed by atoms with E-state index in [9.17, 15) is 9.50 Å². The zero-order chi connectivity index (χ0) is 14.8. The molecule has 0 amide bonds. The van der Waals surface area contributed by atoms with E-state index in [2.05, 4.69) is 26.1 Å². The Morgan fingerprint density at radius 1 is 1.38 bits per heavy atom. The van der Waals surface area contributed by atoms with Crippen molar-refractivity contribution < 1.29 is 9.50 Å². The number of rotatable bonds is 4. The van der Waals surface area contributed by atoms with Gasteiger partial charge in [0.1, 0.15) is 5.82 Å². The topological polar surface area (TPSA) is 35.5 Å². The number of aliphatic hydroxyl groups excluding tert-OH is 1. The Morgan fingerprint density at radius 2 is 2.00 bits per heavy atom. The van der Waals surface area contributed by atoms with Crippen LogP contribution in [0, 0.1) is 11.2 Å². The van der Waals surface area contributed by atoms with Crippen molar-refractivity contribution in [3.05, 3.63) is 34.1 Å². The lowest BCUT2D eigenvalue weighted by atomic mass is 9.79. The molecule has 1 aromatic carbocycles. The summed E-state index contributed by atoms with van der Waals surface area (Å²) in [5.74, 6) is -0.239. The Balaban J connectivity index is 0.00000220. The molecule has 1 saturated heterocycles. The lowest BCUT2D eigenvalue weighted by molar-refractivity contribution is 0.0300. The van der Waals surface area contributed by atoms with Gasteiger partial charge in [0.05, 0.1) is 0 Å². The third-order valence-corrected chi connectivity index (χ3v) is 4.64. The van der Waals surface area contributed by atoms with Crippen LogP contribution in [-0.4, -0.2) is 42.8 Å². The summed E-state index contributed by atoms with van der Waals surface area (Å²) in [5, 5.41) is 13.1. The van der Waals surface area contributed by atoms with Crippen molar-refractivity contribution in [1.82, 2.24) is 10.2 Å². The smallest absolute Gasteiger partial charge is 0.123 e. The first-order chi connectivity index (χ1) is 9.45. The largest absolute Gasteiger partial charge is 0.396 e. The normalized spacial score (nSPS) is 18.1. The molecule has 2 N–H and O–H groups in total. The molecule has 0 radical (unpaired) electrons. The maximum atomic E-state index is 13.7. The second-order valence-electron chi connectivity index (χ2n) is 6.00. The summed E-state index contributed by atoms with van der Waals surface area (Å²) in [6.07, 6.45) is 0. The van der Waals surface area contributed by atoms with Crippen LogP contribution in [0.2, 0.25) is 0 Å². The van der Waals surface area contributed by atoms with Gasteiger partial charge in [-0.3, -0.25) is 4.90 Å². The third-order valence-electron chi connectivity index (χ3n) is 3.92. The van der Waals surface area contributed by atoms with E-state index in [1.165, 1.54) is 6.07 Å². The summed E-state index contributed by atoms with van der Waals surface area (Å²) in [4.78, 5) is 2.33. The van der Waals surface area contributed by atoms with Gasteiger partial charge in [-0.05, 0) is 23.8 Å². The van der Waals surface area contributed by atoms with Gasteiger partial charge in [-0.1, -0.05) is 29.8 Å². The maximum absolute atomic E-state index is 13.7. The molecular formula is C15H23BrClFN2O. The molecule has 0 aliphatic carbocycles. The fraction of sp³-hybridized carbons (Fsp3) is 0.600. The number of nitrogens with zero attached hydrogens (tertiary/aromatic N) is 1. The zero-order valence-electron chi connectivity index (χ0n) is 12.4. The van der Waals surface area contributed by atoms with E-state index in [-0.39, 0.29) is 36.3 Å². The summed E-state index contributed by atoms with van der Waals surface area (Å²) < 4.78 is 14.5. The number of hydrogen-bond donors (Lipinski definition) is 2. The molecule has 6 heteroatoms. The van der Waals surface area contributed by atoms with E-state index >= 15 is 0 Å². The molecule has 21 heavy (non-hydrogen) atoms. The molecule has 1 fully saturated rings. The van der Waals surface area contributed by atoms with Crippen molar-refractivity contribution in [1.29, 1.82) is 0 Å². The SMILES string of the molecule is CC(C)(CO)[C@H](c1cc(F)ccc1Br)N1CCNCC1.Cl. The summed E-state index contributed by atoms with van der Waals surface area (Å²) in [5.41, 5.74) is 0.569. The Bertz CT molecular complexity index is 467. The number of hydrogen-bond acceptors (Lipinski definition) is 3. The van der Waals surface area contributed by atoms with Gasteiger partial charge in [0, 0.05) is 48.7 Å². The molecule has 2 rings (SSSR count). The highest BCUT2D eigenvalue weighted by molar-refractivity contribution is 9.10. The average Bonchev–Trinajstić information content (AvgIpc) is 2.44. The van der Waals surface area contributed by atoms with Crippen LogP contribution in [0.15, 0.2) is 22.7 Å². The minimum atomic E-state index is -0.340. The average molecular weight is 382 g/mol. The summed E-state index contributed by atoms with van der Waals surface area (Å²) >= 11 is 3.53. The molecular weight excluding hydrogens is 359 g/mol. The van der Waals surface area contributed by atoms with Crippen molar-refractivity contribution in [2.45, 2.75) is 19.9 Å². The molecule has 0 unspecified atom stereocenters. The fourth-order valence-electron chi connectivity index (χ4n) is 2.86. The number of halogens is 3. The highest BCUT2D eigenvalue weighted by atomic mass is 79.9. The molecule has 1 aliphatic heterocycles. The van der Waals surface area contributed by atoms with E-state index in [1.807, 2.05) is 13.8 Å². The second kappa shape index (κ2) is 7.88. The molecule has 0 aromatic heterocycles. The van der Waals surface area contributed by atoms with Gasteiger partial charge < -0.3 is 10.4 Å². The van der Waals surface area contributed by atoms with Gasteiger partial charge in [0.2, 0.25) is 0 Å². The van der Waals surface area contributed by atoms with Gasteiger partial charge in [-0.2, -0.15) is 0 Å². The number of piperazine rings is 1. The van der Waals surface area contributed by atoms with Crippen LogP contribution in [0.25, 0.3) is 0 Å². The predicted octanol–water partition coefficient (Wildman–Crippen LogP) is 2.97. The highest BCUT2D eigenvalue weighted by Crippen LogP contribution is 2.41. The van der Waals surface area contributed by atoms with E-state index < -0.39 is 0 Å². The summed E-state index contributed by atoms with van der Waals surface area (Å²) in [7, 11) is 0. The Kier molecular flexibility index (Phi) is 7.07. The minimum Gasteiger partial charge on any atom is -0.396 e. The first-order valence-corrected chi connectivity index (χ1v) is 7.75. The number of aliphatic hydroxyl groups is 1. The molecule has 1 aromatic rings. The van der Waals surface area contributed by atoms with Crippen molar-refractivity contribution >= 4 is 28.3 Å². The number of nitrogens with one attached hydrogen (secondary N) is 1. The first kappa shape index (κ1) is 18.8. The van der Waals surface area contributed by atoms with Crippen LogP contribution in [0.3, 0.4) is 0 Å². The molecule has 0 spiro atoms. The van der Waals surface area contributed by atoms with Crippen LogP contribution >= 0.6 is 28.3 Å². The lowest BCUT2D eigenvalue weighted by Crippen LogP contribution is -2.49. The van der Waals surface area contributed by atoms with Crippen molar-refractivity contribution in [2.24, 2.45) is 5.41 Å². The van der Waals surface area contributed by atoms with Gasteiger partial charge >= 0.3 is 0 Å². The monoisotopic (exact) mass is 380 g/mol. The van der Waals surface area contributed by atoms with Crippen LogP contribution in [0.1, 0.15) is 25.5 Å². The van der Waals surface area contributed by atoms with E-state index in [1.54, 1.807) is 12.1 Å². The Labute approximate surface area is 140 Å². The molecule has 1 atom stereocenters. The van der Waals surface area contributed by atoms with Gasteiger partial charge in [0.25, 0.3) is 0 Å². The van der Waals surface area contributed by atoms with Crippen molar-refractivity contribution in [2.75, 3.05) is 32.8 Å². The van der Waals surface area contributed by atoms with Crippen LogP contribution in [-0.2, 0) is 0 Å². The summed E-state index contributed by atoms with van der Waals surface area (Å²) in [6.45, 7) is 7.75. The quantitative estimate of drug-likeness (QED) is 0.842. The second-order valence-corrected chi connectivity index (χ2v) is 6.86. The molecule has 0 saturated carbocycles. The molecule has 3 nitrogen and oxygen atoms in total. The predicted molar refractivity (Wildman–Crippen MR) is 89.4 cm³/mol. The third kappa shape index (κ3) is 4.39. The van der Waals surface area contributed by atoms with Crippen LogP contribution in [0.5, 0.6) is 0 Å². The molecule has 1 aliphatic rings. The van der Waals surface area contributed by atoms with Gasteiger partial charge in [-0.15, -0.1) is 12.4 Å². The van der Waals surface area contributed by atoms with Crippen molar-refractivity contribution in [3.8, 4) is 0 Å². The number of benzene rings is 1. The van der Waals surface area contributed by atoms with Gasteiger partial charge in [0.15, 0.2) is 0 Å². The molecule has 1 heterocycles. The Morgan fingerprint density at radius 3 is 2.57 bits per heavy atom. The van der Waals surface area contributed by atoms with E-state index in [0.717, 1.165) is 36.2 Å². The van der Waals surface area contributed by atoms with E-state index in [0.29, 0.717) is 0 Å². The summed E-state index contributed by atoms with van der Waals surface area (Å²) in [6, 6.07) is 4.76. The van der Waals surface area contributed by atoms with Gasteiger partial charge in [-0.25, -0.2) is 4.39 Å². The maximum Gasteiger partial charge on any atom is 0.123 e. The van der Waals surface area contributed by atoms with Crippen LogP contribution in [0.4, 0.5) is 4.39 Å². The lowest BCUT2D eigenvalue weighted by Gasteiger charge is -2.43. The standard InChI is InChI=1S/C15H22BrFN2O.ClH/c1-15(2,10-20)14(19-7-5-18-6-8-19)12-9-11(17)3-4-13(12)16;/h3-4,9,14,18,20H,5-8,10H2,1-2H3;1H/t14-;/m0./s1.